The summed E-state index contributed by atoms with van der Waals surface area (Å²) in [5.41, 5.74) is 2.30. The Bertz CT molecular complexity index is 673. The lowest BCUT2D eigenvalue weighted by atomic mass is 9.99. The largest absolute Gasteiger partial charge is 0.508 e. The van der Waals surface area contributed by atoms with E-state index in [0.29, 0.717) is 13.1 Å². The number of halogens is 1. The quantitative estimate of drug-likeness (QED) is 0.865. The van der Waals surface area contributed by atoms with Gasteiger partial charge in [0.15, 0.2) is 0 Å². The van der Waals surface area contributed by atoms with Crippen molar-refractivity contribution in [2.45, 2.75) is 13.0 Å². The standard InChI is InChI=1S/C15H13FN2O2/c16-13-5-11(7-17-8-13)15(20)18-4-3-10-1-2-14(19)6-12(10)9-18/h1-2,5-8,19H,3-4,9H2. The van der Waals surface area contributed by atoms with Gasteiger partial charge in [-0.2, -0.15) is 0 Å². The first-order valence-corrected chi connectivity index (χ1v) is 6.34. The summed E-state index contributed by atoms with van der Waals surface area (Å²) in [5.74, 6) is -0.581. The highest BCUT2D eigenvalue weighted by molar-refractivity contribution is 5.94. The van der Waals surface area contributed by atoms with Crippen molar-refractivity contribution in [2.75, 3.05) is 6.54 Å². The molecule has 1 N–H and O–H groups in total. The number of carbonyl (C=O) groups is 1. The maximum Gasteiger partial charge on any atom is 0.255 e. The second-order valence-corrected chi connectivity index (χ2v) is 4.82. The average Bonchev–Trinajstić information content (AvgIpc) is 2.45. The number of phenolic OH excluding ortho intramolecular Hbond substituents is 1. The second kappa shape index (κ2) is 4.92. The van der Waals surface area contributed by atoms with E-state index >= 15 is 0 Å². The molecule has 0 unspecified atom stereocenters. The number of hydrogen-bond donors (Lipinski definition) is 1. The normalized spacial score (nSPS) is 13.9. The zero-order valence-corrected chi connectivity index (χ0v) is 10.7. The van der Waals surface area contributed by atoms with E-state index in [9.17, 15) is 14.3 Å². The molecule has 2 heterocycles. The summed E-state index contributed by atoms with van der Waals surface area (Å²) in [5, 5.41) is 9.50. The smallest absolute Gasteiger partial charge is 0.255 e. The maximum absolute atomic E-state index is 13.1. The molecule has 3 rings (SSSR count). The Labute approximate surface area is 115 Å². The fourth-order valence-corrected chi connectivity index (χ4v) is 2.43. The van der Waals surface area contributed by atoms with E-state index in [0.717, 1.165) is 23.7 Å². The molecule has 102 valence electrons. The number of carbonyl (C=O) groups excluding carboxylic acids is 1. The zero-order valence-electron chi connectivity index (χ0n) is 10.7. The fourth-order valence-electron chi connectivity index (χ4n) is 2.43. The third kappa shape index (κ3) is 2.34. The van der Waals surface area contributed by atoms with Gasteiger partial charge in [0.25, 0.3) is 5.91 Å². The third-order valence-electron chi connectivity index (χ3n) is 3.44. The van der Waals surface area contributed by atoms with Gasteiger partial charge in [-0.25, -0.2) is 4.39 Å². The van der Waals surface area contributed by atoms with Crippen LogP contribution in [-0.4, -0.2) is 27.4 Å². The van der Waals surface area contributed by atoms with Gasteiger partial charge >= 0.3 is 0 Å². The summed E-state index contributed by atoms with van der Waals surface area (Å²) in [7, 11) is 0. The minimum Gasteiger partial charge on any atom is -0.508 e. The minimum atomic E-state index is -0.522. The Morgan fingerprint density at radius 1 is 1.25 bits per heavy atom. The lowest BCUT2D eigenvalue weighted by molar-refractivity contribution is 0.0733. The number of hydrogen-bond acceptors (Lipinski definition) is 3. The molecule has 0 fully saturated rings. The molecule has 0 spiro atoms. The van der Waals surface area contributed by atoms with Gasteiger partial charge in [-0.05, 0) is 35.7 Å². The minimum absolute atomic E-state index is 0.186. The van der Waals surface area contributed by atoms with Crippen molar-refractivity contribution in [1.29, 1.82) is 0 Å². The number of fused-ring (bicyclic) bond motifs is 1. The molecule has 0 bridgehead atoms. The number of nitrogens with zero attached hydrogens (tertiary/aromatic N) is 2. The highest BCUT2D eigenvalue weighted by Crippen LogP contribution is 2.24. The van der Waals surface area contributed by atoms with E-state index < -0.39 is 5.82 Å². The summed E-state index contributed by atoms with van der Waals surface area (Å²) in [6, 6.07) is 6.37. The first kappa shape index (κ1) is 12.6. The van der Waals surface area contributed by atoms with E-state index in [1.54, 1.807) is 17.0 Å². The van der Waals surface area contributed by atoms with Gasteiger partial charge in [-0.3, -0.25) is 9.78 Å². The molecule has 5 heteroatoms. The number of phenols is 1. The molecule has 1 aliphatic heterocycles. The summed E-state index contributed by atoms with van der Waals surface area (Å²) in [4.78, 5) is 17.6. The average molecular weight is 272 g/mol. The lowest BCUT2D eigenvalue weighted by Gasteiger charge is -2.29. The van der Waals surface area contributed by atoms with Gasteiger partial charge in [0, 0.05) is 19.3 Å². The van der Waals surface area contributed by atoms with E-state index in [2.05, 4.69) is 4.98 Å². The highest BCUT2D eigenvalue weighted by atomic mass is 19.1. The Morgan fingerprint density at radius 2 is 2.10 bits per heavy atom. The fraction of sp³-hybridized carbons (Fsp3) is 0.200. The number of amides is 1. The van der Waals surface area contributed by atoms with Crippen molar-refractivity contribution in [3.63, 3.8) is 0 Å². The molecule has 0 radical (unpaired) electrons. The number of pyridine rings is 1. The molecular formula is C15H13FN2O2. The van der Waals surface area contributed by atoms with Crippen LogP contribution in [0.4, 0.5) is 4.39 Å². The van der Waals surface area contributed by atoms with Crippen molar-refractivity contribution in [1.82, 2.24) is 9.88 Å². The highest BCUT2D eigenvalue weighted by Gasteiger charge is 2.22. The van der Waals surface area contributed by atoms with Crippen molar-refractivity contribution in [3.05, 3.63) is 59.2 Å². The van der Waals surface area contributed by atoms with Gasteiger partial charge in [0.05, 0.1) is 11.8 Å². The molecule has 1 aromatic heterocycles. The molecule has 1 aromatic carbocycles. The van der Waals surface area contributed by atoms with E-state index in [1.165, 1.54) is 12.3 Å². The van der Waals surface area contributed by atoms with Gasteiger partial charge in [0.2, 0.25) is 0 Å². The molecule has 20 heavy (non-hydrogen) atoms. The number of aromatic nitrogens is 1. The van der Waals surface area contributed by atoms with Crippen LogP contribution in [0.25, 0.3) is 0 Å². The second-order valence-electron chi connectivity index (χ2n) is 4.82. The SMILES string of the molecule is O=C(c1cncc(F)c1)N1CCc2ccc(O)cc2C1. The number of rotatable bonds is 1. The van der Waals surface area contributed by atoms with Gasteiger partial charge in [-0.1, -0.05) is 6.07 Å². The van der Waals surface area contributed by atoms with Crippen LogP contribution in [0.2, 0.25) is 0 Å². The van der Waals surface area contributed by atoms with Crippen molar-refractivity contribution in [2.24, 2.45) is 0 Å². The van der Waals surface area contributed by atoms with Crippen LogP contribution in [0.1, 0.15) is 21.5 Å². The summed E-state index contributed by atoms with van der Waals surface area (Å²) in [6.07, 6.45) is 3.16. The number of benzene rings is 1. The van der Waals surface area contributed by atoms with E-state index in [-0.39, 0.29) is 17.2 Å². The van der Waals surface area contributed by atoms with E-state index in [1.807, 2.05) is 6.07 Å². The van der Waals surface area contributed by atoms with E-state index in [4.69, 9.17) is 0 Å². The van der Waals surface area contributed by atoms with Gasteiger partial charge in [-0.15, -0.1) is 0 Å². The maximum atomic E-state index is 13.1. The Morgan fingerprint density at radius 3 is 2.90 bits per heavy atom. The molecule has 0 saturated carbocycles. The zero-order chi connectivity index (χ0) is 14.1. The first-order chi connectivity index (χ1) is 9.63. The Hall–Kier alpha value is -2.43. The molecule has 1 amide bonds. The first-order valence-electron chi connectivity index (χ1n) is 6.34. The van der Waals surface area contributed by atoms with Crippen LogP contribution in [0.15, 0.2) is 36.7 Å². The van der Waals surface area contributed by atoms with Crippen molar-refractivity contribution in [3.8, 4) is 5.75 Å². The van der Waals surface area contributed by atoms with Crippen LogP contribution in [-0.2, 0) is 13.0 Å². The van der Waals surface area contributed by atoms with Crippen LogP contribution in [0, 0.1) is 5.82 Å². The van der Waals surface area contributed by atoms with Gasteiger partial charge < -0.3 is 10.0 Å². The molecule has 0 saturated heterocycles. The molecule has 0 atom stereocenters. The Kier molecular flexibility index (Phi) is 3.10. The summed E-state index contributed by atoms with van der Waals surface area (Å²) >= 11 is 0. The third-order valence-corrected chi connectivity index (χ3v) is 3.44. The van der Waals surface area contributed by atoms with Crippen LogP contribution < -0.4 is 0 Å². The topological polar surface area (TPSA) is 53.4 Å². The Balaban J connectivity index is 1.84. The molecule has 4 nitrogen and oxygen atoms in total. The lowest BCUT2D eigenvalue weighted by Crippen LogP contribution is -2.36. The predicted octanol–water partition coefficient (Wildman–Crippen LogP) is 2.12. The molecule has 0 aliphatic carbocycles. The molecule has 2 aromatic rings. The summed E-state index contributed by atoms with van der Waals surface area (Å²) in [6.45, 7) is 0.992. The monoisotopic (exact) mass is 272 g/mol. The van der Waals surface area contributed by atoms with Crippen molar-refractivity contribution >= 4 is 5.91 Å². The van der Waals surface area contributed by atoms with Gasteiger partial charge in [0.1, 0.15) is 11.6 Å². The molecular weight excluding hydrogens is 259 g/mol. The predicted molar refractivity (Wildman–Crippen MR) is 70.7 cm³/mol. The molecule has 1 aliphatic rings. The van der Waals surface area contributed by atoms with Crippen LogP contribution >= 0.6 is 0 Å². The van der Waals surface area contributed by atoms with Crippen LogP contribution in [0.3, 0.4) is 0 Å². The van der Waals surface area contributed by atoms with Crippen molar-refractivity contribution < 1.29 is 14.3 Å². The summed E-state index contributed by atoms with van der Waals surface area (Å²) < 4.78 is 13.1. The van der Waals surface area contributed by atoms with Crippen LogP contribution in [0.5, 0.6) is 5.75 Å². The number of aromatic hydroxyl groups is 1.